The lowest BCUT2D eigenvalue weighted by Gasteiger charge is -2.27. The molecule has 0 saturated carbocycles. The quantitative estimate of drug-likeness (QED) is 0.331. The van der Waals surface area contributed by atoms with E-state index in [1.807, 2.05) is 78.9 Å². The minimum atomic E-state index is -1.01. The van der Waals surface area contributed by atoms with E-state index in [1.54, 1.807) is 6.07 Å². The molecular weight excluding hydrogens is 440 g/mol. The molecule has 7 heteroatoms. The highest BCUT2D eigenvalue weighted by atomic mass is 16.3. The van der Waals surface area contributed by atoms with Crippen molar-refractivity contribution in [2.75, 3.05) is 0 Å². The monoisotopic (exact) mass is 468 g/mol. The molecule has 0 bridgehead atoms. The minimum absolute atomic E-state index is 0.116. The van der Waals surface area contributed by atoms with Crippen LogP contribution in [0.3, 0.4) is 0 Å². The normalized spacial score (nSPS) is 13.6. The number of aliphatic hydroxyl groups excluding tert-OH is 1. The van der Waals surface area contributed by atoms with Gasteiger partial charge >= 0.3 is 0 Å². The zero-order valence-electron chi connectivity index (χ0n) is 19.2. The summed E-state index contributed by atoms with van der Waals surface area (Å²) in [5.74, 6) is -1.51. The number of hydrogen-bond donors (Lipinski definition) is 3. The van der Waals surface area contributed by atoms with Crippen molar-refractivity contribution in [2.24, 2.45) is 11.7 Å². The van der Waals surface area contributed by atoms with Crippen LogP contribution in [-0.2, 0) is 17.6 Å². The van der Waals surface area contributed by atoms with Crippen LogP contribution in [0.5, 0.6) is 0 Å². The van der Waals surface area contributed by atoms with Crippen molar-refractivity contribution < 1.29 is 14.7 Å². The maximum atomic E-state index is 13.1. The van der Waals surface area contributed by atoms with Gasteiger partial charge in [-0.2, -0.15) is 0 Å². The number of nitrogens with zero attached hydrogens (tertiary/aromatic N) is 2. The van der Waals surface area contributed by atoms with Gasteiger partial charge in [-0.25, -0.2) is 4.98 Å². The summed E-state index contributed by atoms with van der Waals surface area (Å²) < 4.78 is 0. The zero-order chi connectivity index (χ0) is 24.6. The molecule has 1 aromatic heterocycles. The van der Waals surface area contributed by atoms with Gasteiger partial charge in [-0.3, -0.25) is 14.6 Å². The molecule has 0 unspecified atom stereocenters. The largest absolute Gasteiger partial charge is 0.391 e. The molecule has 0 aliphatic heterocycles. The topological polar surface area (TPSA) is 118 Å². The van der Waals surface area contributed by atoms with Gasteiger partial charge in [0.15, 0.2) is 0 Å². The first-order valence-corrected chi connectivity index (χ1v) is 11.6. The molecule has 0 aliphatic rings. The molecule has 4 N–H and O–H groups in total. The Balaban J connectivity index is 1.53. The number of benzene rings is 3. The van der Waals surface area contributed by atoms with Gasteiger partial charge in [-0.15, -0.1) is 0 Å². The van der Waals surface area contributed by atoms with Crippen LogP contribution in [0.2, 0.25) is 0 Å². The molecule has 4 aromatic rings. The van der Waals surface area contributed by atoms with Crippen LogP contribution in [0.25, 0.3) is 11.0 Å². The van der Waals surface area contributed by atoms with Crippen LogP contribution in [0.4, 0.5) is 0 Å². The van der Waals surface area contributed by atoms with E-state index in [1.165, 1.54) is 6.20 Å². The SMILES string of the molecule is NC(=O)[C@H](Cc1ccccc1)C[C@H](O)[C@H](Cc1ccccc1)NC(=O)c1cnc2ccccc2n1. The van der Waals surface area contributed by atoms with Crippen LogP contribution in [0.1, 0.15) is 28.0 Å². The second-order valence-corrected chi connectivity index (χ2v) is 8.61. The van der Waals surface area contributed by atoms with E-state index in [2.05, 4.69) is 15.3 Å². The number of carbonyl (C=O) groups excluding carboxylic acids is 2. The predicted octanol–water partition coefficient (Wildman–Crippen LogP) is 3.07. The molecular formula is C28H28N4O3. The number of carbonyl (C=O) groups is 2. The number of nitrogens with two attached hydrogens (primary N) is 1. The van der Waals surface area contributed by atoms with Crippen LogP contribution < -0.4 is 11.1 Å². The molecule has 4 rings (SSSR count). The molecule has 178 valence electrons. The number of fused-ring (bicyclic) bond motifs is 1. The summed E-state index contributed by atoms with van der Waals surface area (Å²) in [5.41, 5.74) is 9.03. The highest BCUT2D eigenvalue weighted by molar-refractivity contribution is 5.94. The molecule has 0 saturated heterocycles. The summed E-state index contributed by atoms with van der Waals surface area (Å²) in [7, 11) is 0. The number of aromatic nitrogens is 2. The Bertz CT molecular complexity index is 1280. The summed E-state index contributed by atoms with van der Waals surface area (Å²) >= 11 is 0. The second-order valence-electron chi connectivity index (χ2n) is 8.61. The van der Waals surface area contributed by atoms with E-state index in [0.717, 1.165) is 11.1 Å². The van der Waals surface area contributed by atoms with Gasteiger partial charge in [0, 0.05) is 5.92 Å². The molecule has 0 spiro atoms. The average molecular weight is 469 g/mol. The molecule has 1 heterocycles. The molecule has 3 aromatic carbocycles. The molecule has 0 fully saturated rings. The summed E-state index contributed by atoms with van der Waals surface area (Å²) in [4.78, 5) is 34.0. The first kappa shape index (κ1) is 24.0. The molecule has 0 radical (unpaired) electrons. The number of hydrogen-bond acceptors (Lipinski definition) is 5. The number of amides is 2. The van der Waals surface area contributed by atoms with E-state index in [4.69, 9.17) is 5.73 Å². The van der Waals surface area contributed by atoms with E-state index in [0.29, 0.717) is 23.9 Å². The second kappa shape index (κ2) is 11.4. The Labute approximate surface area is 204 Å². The van der Waals surface area contributed by atoms with Crippen molar-refractivity contribution >= 4 is 22.8 Å². The lowest BCUT2D eigenvalue weighted by atomic mass is 9.89. The first-order valence-electron chi connectivity index (χ1n) is 11.6. The van der Waals surface area contributed by atoms with Crippen molar-refractivity contribution in [1.29, 1.82) is 0 Å². The third-order valence-electron chi connectivity index (χ3n) is 6.01. The first-order chi connectivity index (χ1) is 17.0. The van der Waals surface area contributed by atoms with Gasteiger partial charge in [0.1, 0.15) is 5.69 Å². The molecule has 35 heavy (non-hydrogen) atoms. The zero-order valence-corrected chi connectivity index (χ0v) is 19.2. The van der Waals surface area contributed by atoms with Crippen molar-refractivity contribution in [2.45, 2.75) is 31.4 Å². The fraction of sp³-hybridized carbons (Fsp3) is 0.214. The van der Waals surface area contributed by atoms with Gasteiger partial charge in [0.25, 0.3) is 5.91 Å². The minimum Gasteiger partial charge on any atom is -0.391 e. The van der Waals surface area contributed by atoms with E-state index >= 15 is 0 Å². The Hall–Kier alpha value is -4.10. The van der Waals surface area contributed by atoms with Crippen LogP contribution >= 0.6 is 0 Å². The van der Waals surface area contributed by atoms with Crippen molar-refractivity contribution in [1.82, 2.24) is 15.3 Å². The summed E-state index contributed by atoms with van der Waals surface area (Å²) in [5, 5.41) is 14.1. The number of aliphatic hydroxyl groups is 1. The van der Waals surface area contributed by atoms with Crippen molar-refractivity contribution in [3.63, 3.8) is 0 Å². The maximum absolute atomic E-state index is 13.1. The highest BCUT2D eigenvalue weighted by Gasteiger charge is 2.28. The van der Waals surface area contributed by atoms with Crippen LogP contribution in [-0.4, -0.2) is 39.0 Å². The molecule has 7 nitrogen and oxygen atoms in total. The Morgan fingerprint density at radius 1 is 0.829 bits per heavy atom. The van der Waals surface area contributed by atoms with Crippen LogP contribution in [0.15, 0.2) is 91.1 Å². The number of para-hydroxylation sites is 2. The van der Waals surface area contributed by atoms with Gasteiger partial charge in [-0.05, 0) is 42.5 Å². The summed E-state index contributed by atoms with van der Waals surface area (Å²) in [6, 6.07) is 25.7. The van der Waals surface area contributed by atoms with Crippen molar-refractivity contribution in [3.8, 4) is 0 Å². The molecule has 0 aliphatic carbocycles. The number of rotatable bonds is 10. The van der Waals surface area contributed by atoms with E-state index in [-0.39, 0.29) is 12.1 Å². The fourth-order valence-corrected chi connectivity index (χ4v) is 4.11. The third-order valence-corrected chi connectivity index (χ3v) is 6.01. The van der Waals surface area contributed by atoms with Gasteiger partial charge in [0.05, 0.1) is 29.4 Å². The van der Waals surface area contributed by atoms with Gasteiger partial charge < -0.3 is 16.2 Å². The lowest BCUT2D eigenvalue weighted by molar-refractivity contribution is -0.122. The molecule has 2 amide bonds. The number of nitrogens with one attached hydrogen (secondary N) is 1. The highest BCUT2D eigenvalue weighted by Crippen LogP contribution is 2.19. The Morgan fingerprint density at radius 2 is 1.40 bits per heavy atom. The fourth-order valence-electron chi connectivity index (χ4n) is 4.11. The molecule has 3 atom stereocenters. The average Bonchev–Trinajstić information content (AvgIpc) is 2.88. The third kappa shape index (κ3) is 6.49. The summed E-state index contributed by atoms with van der Waals surface area (Å²) in [6.07, 6.45) is 1.33. The van der Waals surface area contributed by atoms with Gasteiger partial charge in [-0.1, -0.05) is 72.8 Å². The Morgan fingerprint density at radius 3 is 2.03 bits per heavy atom. The number of primary amides is 1. The van der Waals surface area contributed by atoms with E-state index < -0.39 is 29.9 Å². The van der Waals surface area contributed by atoms with Gasteiger partial charge in [0.2, 0.25) is 5.91 Å². The Kier molecular flexibility index (Phi) is 7.80. The van der Waals surface area contributed by atoms with Crippen LogP contribution in [0, 0.1) is 5.92 Å². The maximum Gasteiger partial charge on any atom is 0.271 e. The smallest absolute Gasteiger partial charge is 0.271 e. The predicted molar refractivity (Wildman–Crippen MR) is 134 cm³/mol. The summed E-state index contributed by atoms with van der Waals surface area (Å²) in [6.45, 7) is 0. The van der Waals surface area contributed by atoms with Crippen molar-refractivity contribution in [3.05, 3.63) is 108 Å². The standard InChI is InChI=1S/C28H28N4O3/c29-27(34)21(15-19-9-3-1-4-10-19)17-26(33)24(16-20-11-5-2-6-12-20)32-28(35)25-18-30-22-13-7-8-14-23(22)31-25/h1-14,18,21,24,26,33H,15-17H2,(H2,29,34)(H,32,35)/t21-,24+,26+/m1/s1. The van der Waals surface area contributed by atoms with E-state index in [9.17, 15) is 14.7 Å². The lowest BCUT2D eigenvalue weighted by Crippen LogP contribution is -2.46.